The number of halogens is 1. The molecule has 82 valence electrons. The van der Waals surface area contributed by atoms with Crippen LogP contribution in [-0.4, -0.2) is 16.8 Å². The van der Waals surface area contributed by atoms with Crippen LogP contribution >= 0.6 is 27.7 Å². The minimum Gasteiger partial charge on any atom is -0.481 e. The maximum absolute atomic E-state index is 10.6. The van der Waals surface area contributed by atoms with E-state index in [1.807, 2.05) is 24.3 Å². The fourth-order valence-corrected chi connectivity index (χ4v) is 2.73. The van der Waals surface area contributed by atoms with Crippen LogP contribution in [-0.2, 0) is 10.5 Å². The van der Waals surface area contributed by atoms with Gasteiger partial charge in [0.05, 0.1) is 5.92 Å². The van der Waals surface area contributed by atoms with Crippen LogP contribution in [0.5, 0.6) is 0 Å². The van der Waals surface area contributed by atoms with Crippen LogP contribution in [0.25, 0.3) is 0 Å². The van der Waals surface area contributed by atoms with Gasteiger partial charge in [0.15, 0.2) is 0 Å². The normalized spacial score (nSPS) is 12.4. The molecular formula is C11H13BrO2S. The molecule has 0 radical (unpaired) electrons. The Kier molecular flexibility index (Phi) is 5.19. The molecule has 0 bridgehead atoms. The van der Waals surface area contributed by atoms with E-state index < -0.39 is 5.97 Å². The van der Waals surface area contributed by atoms with Gasteiger partial charge in [-0.2, -0.15) is 11.8 Å². The molecule has 0 aromatic heterocycles. The fraction of sp³-hybridized carbons (Fsp3) is 0.364. The fourth-order valence-electron chi connectivity index (χ4n) is 1.03. The van der Waals surface area contributed by atoms with Gasteiger partial charge in [-0.05, 0) is 11.6 Å². The van der Waals surface area contributed by atoms with Crippen molar-refractivity contribution in [2.75, 3.05) is 5.75 Å². The van der Waals surface area contributed by atoms with E-state index in [2.05, 4.69) is 15.9 Å². The number of aliphatic carboxylic acids is 1. The highest BCUT2D eigenvalue weighted by Crippen LogP contribution is 2.22. The monoisotopic (exact) mass is 288 g/mol. The Morgan fingerprint density at radius 2 is 2.20 bits per heavy atom. The number of thioether (sulfide) groups is 1. The Morgan fingerprint density at radius 1 is 1.53 bits per heavy atom. The van der Waals surface area contributed by atoms with Gasteiger partial charge in [0.25, 0.3) is 0 Å². The number of carbonyl (C=O) groups is 1. The first-order valence-corrected chi connectivity index (χ1v) is 6.60. The molecule has 15 heavy (non-hydrogen) atoms. The summed E-state index contributed by atoms with van der Waals surface area (Å²) in [6.07, 6.45) is 0. The van der Waals surface area contributed by atoms with Crippen molar-refractivity contribution in [3.05, 3.63) is 34.3 Å². The lowest BCUT2D eigenvalue weighted by molar-refractivity contribution is -0.140. The predicted molar refractivity (Wildman–Crippen MR) is 67.1 cm³/mol. The van der Waals surface area contributed by atoms with Gasteiger partial charge < -0.3 is 5.11 Å². The van der Waals surface area contributed by atoms with Crippen molar-refractivity contribution in [1.29, 1.82) is 0 Å². The van der Waals surface area contributed by atoms with Crippen molar-refractivity contribution in [1.82, 2.24) is 0 Å². The smallest absolute Gasteiger partial charge is 0.307 e. The van der Waals surface area contributed by atoms with Gasteiger partial charge in [-0.25, -0.2) is 0 Å². The minimum atomic E-state index is -0.727. The van der Waals surface area contributed by atoms with Crippen molar-refractivity contribution in [3.8, 4) is 0 Å². The molecule has 0 fully saturated rings. The maximum Gasteiger partial charge on any atom is 0.307 e. The number of carboxylic acid groups (broad SMARTS) is 1. The summed E-state index contributed by atoms with van der Waals surface area (Å²) in [6.45, 7) is 1.73. The first-order valence-electron chi connectivity index (χ1n) is 4.65. The number of hydrogen-bond donors (Lipinski definition) is 1. The van der Waals surface area contributed by atoms with Crippen LogP contribution in [0.3, 0.4) is 0 Å². The molecule has 0 aliphatic rings. The van der Waals surface area contributed by atoms with Crippen LogP contribution in [0.1, 0.15) is 12.5 Å². The molecule has 1 unspecified atom stereocenters. The Morgan fingerprint density at radius 3 is 2.80 bits per heavy atom. The van der Waals surface area contributed by atoms with Crippen LogP contribution in [0.15, 0.2) is 28.7 Å². The molecule has 1 rings (SSSR count). The molecule has 0 amide bonds. The Balaban J connectivity index is 2.38. The molecule has 0 saturated heterocycles. The topological polar surface area (TPSA) is 37.3 Å². The lowest BCUT2D eigenvalue weighted by atomic mass is 10.2. The van der Waals surface area contributed by atoms with Crippen molar-refractivity contribution in [3.63, 3.8) is 0 Å². The van der Waals surface area contributed by atoms with E-state index in [1.165, 1.54) is 5.56 Å². The Labute approximate surface area is 102 Å². The zero-order valence-electron chi connectivity index (χ0n) is 8.44. The summed E-state index contributed by atoms with van der Waals surface area (Å²) in [5, 5.41) is 8.71. The summed E-state index contributed by atoms with van der Waals surface area (Å²) in [5.74, 6) is 0.488. The second-order valence-electron chi connectivity index (χ2n) is 3.35. The Bertz CT molecular complexity index is 341. The third kappa shape index (κ3) is 4.26. The van der Waals surface area contributed by atoms with E-state index in [0.717, 1.165) is 10.2 Å². The van der Waals surface area contributed by atoms with Crippen molar-refractivity contribution >= 4 is 33.7 Å². The first-order chi connectivity index (χ1) is 7.11. The molecule has 0 heterocycles. The zero-order valence-corrected chi connectivity index (χ0v) is 10.8. The number of benzene rings is 1. The van der Waals surface area contributed by atoms with Gasteiger partial charge in [0.1, 0.15) is 0 Å². The average molecular weight is 289 g/mol. The Hall–Kier alpha value is -0.480. The van der Waals surface area contributed by atoms with E-state index in [1.54, 1.807) is 18.7 Å². The molecule has 2 nitrogen and oxygen atoms in total. The summed E-state index contributed by atoms with van der Waals surface area (Å²) in [5.41, 5.74) is 1.21. The standard InChI is InChI=1S/C11H13BrO2S/c1-8(11(13)14)6-15-7-9-4-2-3-5-10(9)12/h2-5,8H,6-7H2,1H3,(H,13,14). The van der Waals surface area contributed by atoms with Crippen molar-refractivity contribution < 1.29 is 9.90 Å². The second-order valence-corrected chi connectivity index (χ2v) is 5.23. The average Bonchev–Trinajstić information content (AvgIpc) is 2.20. The summed E-state index contributed by atoms with van der Waals surface area (Å²) in [6, 6.07) is 8.00. The van der Waals surface area contributed by atoms with E-state index in [4.69, 9.17) is 5.11 Å². The molecule has 1 atom stereocenters. The van der Waals surface area contributed by atoms with Crippen molar-refractivity contribution in [2.24, 2.45) is 5.92 Å². The summed E-state index contributed by atoms with van der Waals surface area (Å²) in [7, 11) is 0. The van der Waals surface area contributed by atoms with Gasteiger partial charge in [-0.1, -0.05) is 41.1 Å². The first kappa shape index (κ1) is 12.6. The minimum absolute atomic E-state index is 0.280. The molecule has 0 saturated carbocycles. The number of hydrogen-bond acceptors (Lipinski definition) is 2. The predicted octanol–water partition coefficient (Wildman–Crippen LogP) is 3.40. The molecule has 1 aromatic rings. The zero-order chi connectivity index (χ0) is 11.3. The summed E-state index contributed by atoms with van der Waals surface area (Å²) >= 11 is 5.11. The van der Waals surface area contributed by atoms with Crippen LogP contribution in [0.4, 0.5) is 0 Å². The van der Waals surface area contributed by atoms with Gasteiger partial charge >= 0.3 is 5.97 Å². The third-order valence-corrected chi connectivity index (χ3v) is 4.03. The van der Waals surface area contributed by atoms with Crippen molar-refractivity contribution in [2.45, 2.75) is 12.7 Å². The molecule has 1 aromatic carbocycles. The molecule has 4 heteroatoms. The molecule has 0 aliphatic carbocycles. The largest absolute Gasteiger partial charge is 0.481 e. The lowest BCUT2D eigenvalue weighted by Gasteiger charge is -2.06. The second kappa shape index (κ2) is 6.18. The maximum atomic E-state index is 10.6. The molecule has 1 N–H and O–H groups in total. The van der Waals surface area contributed by atoms with E-state index in [9.17, 15) is 4.79 Å². The SMILES string of the molecule is CC(CSCc1ccccc1Br)C(=O)O. The highest BCUT2D eigenvalue weighted by molar-refractivity contribution is 9.10. The quantitative estimate of drug-likeness (QED) is 0.902. The number of carboxylic acids is 1. The van der Waals surface area contributed by atoms with Gasteiger partial charge in [-0.3, -0.25) is 4.79 Å². The van der Waals surface area contributed by atoms with Gasteiger partial charge in [0, 0.05) is 16.0 Å². The highest BCUT2D eigenvalue weighted by atomic mass is 79.9. The lowest BCUT2D eigenvalue weighted by Crippen LogP contribution is -2.11. The third-order valence-electron chi connectivity index (χ3n) is 2.00. The summed E-state index contributed by atoms with van der Waals surface area (Å²) < 4.78 is 1.08. The van der Waals surface area contributed by atoms with E-state index >= 15 is 0 Å². The molecule has 0 aliphatic heterocycles. The molecule has 0 spiro atoms. The summed E-state index contributed by atoms with van der Waals surface area (Å²) in [4.78, 5) is 10.6. The van der Waals surface area contributed by atoms with Crippen LogP contribution < -0.4 is 0 Å². The highest BCUT2D eigenvalue weighted by Gasteiger charge is 2.10. The van der Waals surface area contributed by atoms with E-state index in [-0.39, 0.29) is 5.92 Å². The number of rotatable bonds is 5. The van der Waals surface area contributed by atoms with Gasteiger partial charge in [-0.15, -0.1) is 0 Å². The van der Waals surface area contributed by atoms with E-state index in [0.29, 0.717) is 5.75 Å². The molecular weight excluding hydrogens is 276 g/mol. The van der Waals surface area contributed by atoms with Crippen LogP contribution in [0.2, 0.25) is 0 Å². The van der Waals surface area contributed by atoms with Crippen LogP contribution in [0, 0.1) is 5.92 Å². The van der Waals surface area contributed by atoms with Gasteiger partial charge in [0.2, 0.25) is 0 Å².